The molecule has 3 aliphatic rings. The SMILES string of the molecule is CCCC1=CC2=C3CNCCN3C(=O)C2C(SC)=C1.Cl. The molecule has 1 N–H and O–H groups in total. The topological polar surface area (TPSA) is 32.3 Å². The van der Waals surface area contributed by atoms with Gasteiger partial charge in [-0.25, -0.2) is 0 Å². The van der Waals surface area contributed by atoms with Gasteiger partial charge in [-0.3, -0.25) is 4.79 Å². The third-order valence-electron chi connectivity index (χ3n) is 4.02. The van der Waals surface area contributed by atoms with Gasteiger partial charge in [-0.05, 0) is 29.9 Å². The van der Waals surface area contributed by atoms with Crippen LogP contribution in [0.2, 0.25) is 0 Å². The Morgan fingerprint density at radius 3 is 2.95 bits per heavy atom. The first-order valence-electron chi connectivity index (χ1n) is 6.97. The van der Waals surface area contributed by atoms with Crippen LogP contribution in [-0.4, -0.2) is 36.7 Å². The quantitative estimate of drug-likeness (QED) is 0.869. The summed E-state index contributed by atoms with van der Waals surface area (Å²) in [6, 6.07) is 0. The fraction of sp³-hybridized carbons (Fsp3) is 0.533. The summed E-state index contributed by atoms with van der Waals surface area (Å²) in [5.41, 5.74) is 3.81. The van der Waals surface area contributed by atoms with Gasteiger partial charge in [0.15, 0.2) is 0 Å². The molecule has 1 saturated heterocycles. The molecule has 1 amide bonds. The maximum absolute atomic E-state index is 12.6. The number of hydrogen-bond donors (Lipinski definition) is 1. The molecule has 1 aliphatic carbocycles. The van der Waals surface area contributed by atoms with Crippen LogP contribution in [0.25, 0.3) is 0 Å². The summed E-state index contributed by atoms with van der Waals surface area (Å²) in [5.74, 6) is 0.254. The highest BCUT2D eigenvalue weighted by molar-refractivity contribution is 8.02. The molecular formula is C15H21ClN2OS. The molecular weight excluding hydrogens is 292 g/mol. The van der Waals surface area contributed by atoms with Crippen molar-refractivity contribution in [2.75, 3.05) is 25.9 Å². The first-order chi connectivity index (χ1) is 9.26. The molecule has 0 saturated carbocycles. The second-order valence-electron chi connectivity index (χ2n) is 5.22. The van der Waals surface area contributed by atoms with E-state index < -0.39 is 0 Å². The van der Waals surface area contributed by atoms with Crippen molar-refractivity contribution >= 4 is 30.1 Å². The molecule has 2 aliphatic heterocycles. The van der Waals surface area contributed by atoms with Gasteiger partial charge in [-0.2, -0.15) is 0 Å². The summed E-state index contributed by atoms with van der Waals surface area (Å²) >= 11 is 1.72. The Balaban J connectivity index is 0.00000147. The molecule has 1 atom stereocenters. The fourth-order valence-electron chi connectivity index (χ4n) is 3.14. The zero-order valence-electron chi connectivity index (χ0n) is 11.9. The van der Waals surface area contributed by atoms with E-state index in [4.69, 9.17) is 0 Å². The minimum Gasteiger partial charge on any atom is -0.312 e. The summed E-state index contributed by atoms with van der Waals surface area (Å²) < 4.78 is 0. The highest BCUT2D eigenvalue weighted by atomic mass is 35.5. The number of fused-ring (bicyclic) bond motifs is 2. The van der Waals surface area contributed by atoms with Gasteiger partial charge in [0.1, 0.15) is 0 Å². The van der Waals surface area contributed by atoms with E-state index in [0.717, 1.165) is 32.5 Å². The van der Waals surface area contributed by atoms with Gasteiger partial charge in [0.25, 0.3) is 0 Å². The molecule has 20 heavy (non-hydrogen) atoms. The number of nitrogens with one attached hydrogen (secondary N) is 1. The molecule has 5 heteroatoms. The van der Waals surface area contributed by atoms with Crippen molar-refractivity contribution in [1.82, 2.24) is 10.2 Å². The predicted molar refractivity (Wildman–Crippen MR) is 86.9 cm³/mol. The predicted octanol–water partition coefficient (Wildman–Crippen LogP) is 2.71. The molecule has 0 bridgehead atoms. The maximum Gasteiger partial charge on any atom is 0.239 e. The summed E-state index contributed by atoms with van der Waals surface area (Å²) in [7, 11) is 0. The van der Waals surface area contributed by atoms with Gasteiger partial charge in [-0.1, -0.05) is 19.4 Å². The number of allylic oxidation sites excluding steroid dienone is 3. The van der Waals surface area contributed by atoms with Crippen LogP contribution in [0.5, 0.6) is 0 Å². The minimum atomic E-state index is -0.0227. The van der Waals surface area contributed by atoms with Gasteiger partial charge in [0, 0.05) is 30.2 Å². The van der Waals surface area contributed by atoms with Crippen molar-refractivity contribution in [2.24, 2.45) is 5.92 Å². The van der Waals surface area contributed by atoms with E-state index in [1.165, 1.54) is 21.7 Å². The van der Waals surface area contributed by atoms with Crippen LogP contribution in [-0.2, 0) is 4.79 Å². The Morgan fingerprint density at radius 2 is 2.25 bits per heavy atom. The average Bonchev–Trinajstić information content (AvgIpc) is 2.73. The van der Waals surface area contributed by atoms with E-state index in [2.05, 4.69) is 30.6 Å². The standard InChI is InChI=1S/C15H20N2OS.ClH/c1-3-4-10-7-11-12-9-16-5-6-17(12)15(18)14(11)13(8-10)19-2;/h7-8,14,16H,3-6,9H2,1-2H3;1H. The van der Waals surface area contributed by atoms with Gasteiger partial charge in [0.2, 0.25) is 5.91 Å². The Labute approximate surface area is 131 Å². The number of hydrogen-bond acceptors (Lipinski definition) is 3. The molecule has 110 valence electrons. The van der Waals surface area contributed by atoms with Crippen LogP contribution in [0, 0.1) is 5.92 Å². The third kappa shape index (κ3) is 2.45. The van der Waals surface area contributed by atoms with Crippen molar-refractivity contribution in [3.05, 3.63) is 33.9 Å². The molecule has 0 aromatic carbocycles. The number of rotatable bonds is 3. The number of halogens is 1. The molecule has 2 heterocycles. The fourth-order valence-corrected chi connectivity index (χ4v) is 3.88. The molecule has 0 radical (unpaired) electrons. The Kier molecular flexibility index (Phi) is 4.99. The van der Waals surface area contributed by atoms with Crippen LogP contribution in [0.1, 0.15) is 19.8 Å². The largest absolute Gasteiger partial charge is 0.312 e. The number of carbonyl (C=O) groups excluding carboxylic acids is 1. The lowest BCUT2D eigenvalue weighted by molar-refractivity contribution is -0.129. The van der Waals surface area contributed by atoms with Crippen LogP contribution in [0.4, 0.5) is 0 Å². The molecule has 0 spiro atoms. The van der Waals surface area contributed by atoms with Gasteiger partial charge in [-0.15, -0.1) is 24.2 Å². The number of nitrogens with zero attached hydrogens (tertiary/aromatic N) is 1. The lowest BCUT2D eigenvalue weighted by Gasteiger charge is -2.26. The number of amides is 1. The highest BCUT2D eigenvalue weighted by Gasteiger charge is 2.42. The summed E-state index contributed by atoms with van der Waals surface area (Å²) in [4.78, 5) is 15.8. The maximum atomic E-state index is 12.6. The molecule has 0 aromatic rings. The van der Waals surface area contributed by atoms with Crippen molar-refractivity contribution in [2.45, 2.75) is 19.8 Å². The Bertz CT molecular complexity index is 510. The number of carbonyl (C=O) groups is 1. The normalized spacial score (nSPS) is 24.8. The van der Waals surface area contributed by atoms with E-state index in [-0.39, 0.29) is 24.2 Å². The minimum absolute atomic E-state index is 0. The molecule has 0 aromatic heterocycles. The summed E-state index contributed by atoms with van der Waals surface area (Å²) in [5, 5.41) is 3.38. The van der Waals surface area contributed by atoms with Gasteiger partial charge < -0.3 is 10.2 Å². The van der Waals surface area contributed by atoms with Crippen LogP contribution in [0.15, 0.2) is 33.9 Å². The molecule has 1 fully saturated rings. The summed E-state index contributed by atoms with van der Waals surface area (Å²) in [6.07, 6.45) is 8.80. The van der Waals surface area contributed by atoms with E-state index in [9.17, 15) is 4.79 Å². The van der Waals surface area contributed by atoms with Crippen LogP contribution in [0.3, 0.4) is 0 Å². The van der Waals surface area contributed by atoms with Crippen molar-refractivity contribution in [1.29, 1.82) is 0 Å². The molecule has 3 rings (SSSR count). The van der Waals surface area contributed by atoms with Crippen molar-refractivity contribution < 1.29 is 4.79 Å². The average molecular weight is 313 g/mol. The van der Waals surface area contributed by atoms with E-state index in [1.54, 1.807) is 11.8 Å². The second-order valence-corrected chi connectivity index (χ2v) is 6.10. The molecule has 1 unspecified atom stereocenters. The zero-order chi connectivity index (χ0) is 13.4. The Hall–Kier alpha value is -0.710. The lowest BCUT2D eigenvalue weighted by Crippen LogP contribution is -2.42. The first-order valence-corrected chi connectivity index (χ1v) is 8.20. The third-order valence-corrected chi connectivity index (χ3v) is 4.84. The van der Waals surface area contributed by atoms with E-state index in [0.29, 0.717) is 0 Å². The lowest BCUT2D eigenvalue weighted by atomic mass is 9.90. The summed E-state index contributed by atoms with van der Waals surface area (Å²) in [6.45, 7) is 4.74. The van der Waals surface area contributed by atoms with Crippen molar-refractivity contribution in [3.63, 3.8) is 0 Å². The molecule has 3 nitrogen and oxygen atoms in total. The van der Waals surface area contributed by atoms with Crippen LogP contribution < -0.4 is 5.32 Å². The Morgan fingerprint density at radius 1 is 1.45 bits per heavy atom. The smallest absolute Gasteiger partial charge is 0.239 e. The van der Waals surface area contributed by atoms with Crippen LogP contribution >= 0.6 is 24.2 Å². The first kappa shape index (κ1) is 15.7. The van der Waals surface area contributed by atoms with Crippen molar-refractivity contribution in [3.8, 4) is 0 Å². The van der Waals surface area contributed by atoms with E-state index >= 15 is 0 Å². The van der Waals surface area contributed by atoms with Gasteiger partial charge in [0.05, 0.1) is 5.92 Å². The van der Waals surface area contributed by atoms with E-state index in [1.807, 2.05) is 4.90 Å². The number of thioether (sulfide) groups is 1. The monoisotopic (exact) mass is 312 g/mol. The second kappa shape index (κ2) is 6.37. The highest BCUT2D eigenvalue weighted by Crippen LogP contribution is 2.43. The number of piperazine rings is 1. The zero-order valence-corrected chi connectivity index (χ0v) is 13.6. The van der Waals surface area contributed by atoms with Gasteiger partial charge >= 0.3 is 0 Å².